The molecule has 0 aliphatic rings. The Hall–Kier alpha value is -1.94. The zero-order chi connectivity index (χ0) is 77.6. The molecule has 0 aliphatic carbocycles. The summed E-state index contributed by atoms with van der Waals surface area (Å²) in [7, 11) is -9.93. The summed E-state index contributed by atoms with van der Waals surface area (Å²) in [6, 6.07) is 0. The van der Waals surface area contributed by atoms with Gasteiger partial charge in [-0.15, -0.1) is 0 Å². The van der Waals surface area contributed by atoms with Gasteiger partial charge in [0.15, 0.2) is 12.2 Å². The van der Waals surface area contributed by atoms with Crippen molar-refractivity contribution >= 4 is 39.5 Å². The van der Waals surface area contributed by atoms with Gasteiger partial charge in [0.05, 0.1) is 26.4 Å². The lowest BCUT2D eigenvalue weighted by Crippen LogP contribution is -2.30. The zero-order valence-electron chi connectivity index (χ0n) is 69.6. The molecule has 0 rings (SSSR count). The van der Waals surface area contributed by atoms with Crippen molar-refractivity contribution in [3.8, 4) is 0 Å². The number of hydrogen-bond acceptors (Lipinski definition) is 15. The number of phosphoric ester groups is 2. The Morgan fingerprint density at radius 1 is 0.264 bits per heavy atom. The summed E-state index contributed by atoms with van der Waals surface area (Å²) in [6.45, 7) is 7.44. The Labute approximate surface area is 651 Å². The maximum atomic E-state index is 13.2. The lowest BCUT2D eigenvalue weighted by atomic mass is 9.99. The lowest BCUT2D eigenvalue weighted by molar-refractivity contribution is -0.161. The smallest absolute Gasteiger partial charge is 0.462 e. The number of carbonyl (C=O) groups excluding carboxylic acids is 4. The summed E-state index contributed by atoms with van der Waals surface area (Å²) in [5.74, 6) is -1.25. The number of aliphatic hydroxyl groups excluding tert-OH is 1. The van der Waals surface area contributed by atoms with Crippen LogP contribution in [0.3, 0.4) is 0 Å². The molecule has 0 aromatic heterocycles. The molecule has 630 valence electrons. The molecule has 0 aromatic rings. The van der Waals surface area contributed by atoms with Gasteiger partial charge < -0.3 is 33.8 Å². The second-order valence-electron chi connectivity index (χ2n) is 31.5. The van der Waals surface area contributed by atoms with E-state index in [1.165, 1.54) is 295 Å². The molecule has 0 heterocycles. The number of hydrogen-bond donors (Lipinski definition) is 3. The zero-order valence-corrected chi connectivity index (χ0v) is 71.4. The van der Waals surface area contributed by atoms with Gasteiger partial charge in [-0.1, -0.05) is 420 Å². The second-order valence-corrected chi connectivity index (χ2v) is 34.4. The molecule has 0 saturated carbocycles. The maximum Gasteiger partial charge on any atom is 0.472 e. The molecule has 3 unspecified atom stereocenters. The van der Waals surface area contributed by atoms with Crippen LogP contribution < -0.4 is 0 Å². The molecule has 6 atom stereocenters. The summed E-state index contributed by atoms with van der Waals surface area (Å²) < 4.78 is 69.0. The van der Waals surface area contributed by atoms with Crippen molar-refractivity contribution in [3.63, 3.8) is 0 Å². The fraction of sp³-hybridized carbons (Fsp3) is 0.954. The first-order chi connectivity index (χ1) is 51.6. The molecule has 0 aromatic carbocycles. The highest BCUT2D eigenvalue weighted by Gasteiger charge is 2.30. The Kier molecular flexibility index (Phi) is 78.2. The topological polar surface area (TPSA) is 237 Å². The minimum absolute atomic E-state index is 0.109. The highest BCUT2D eigenvalue weighted by atomic mass is 31.2. The Morgan fingerprint density at radius 2 is 0.453 bits per heavy atom. The minimum Gasteiger partial charge on any atom is -0.462 e. The summed E-state index contributed by atoms with van der Waals surface area (Å²) in [5.41, 5.74) is 0. The van der Waals surface area contributed by atoms with Gasteiger partial charge in [0.25, 0.3) is 0 Å². The van der Waals surface area contributed by atoms with Crippen molar-refractivity contribution in [2.75, 3.05) is 39.6 Å². The van der Waals surface area contributed by atoms with Crippen molar-refractivity contribution in [1.29, 1.82) is 0 Å². The number of ether oxygens (including phenoxy) is 4. The summed E-state index contributed by atoms with van der Waals surface area (Å²) in [6.07, 6.45) is 73.4. The summed E-state index contributed by atoms with van der Waals surface area (Å²) in [5, 5.41) is 10.7. The normalized spacial score (nSPS) is 14.0. The number of phosphoric acid groups is 2. The molecule has 0 saturated heterocycles. The van der Waals surface area contributed by atoms with Crippen molar-refractivity contribution in [1.82, 2.24) is 0 Å². The predicted molar refractivity (Wildman–Crippen MR) is 437 cm³/mol. The van der Waals surface area contributed by atoms with E-state index < -0.39 is 97.5 Å². The summed E-state index contributed by atoms with van der Waals surface area (Å²) >= 11 is 0. The fourth-order valence-corrected chi connectivity index (χ4v) is 15.2. The van der Waals surface area contributed by atoms with Gasteiger partial charge in [-0.25, -0.2) is 9.13 Å². The number of aliphatic hydroxyl groups is 1. The Morgan fingerprint density at radius 3 is 0.670 bits per heavy atom. The largest absolute Gasteiger partial charge is 0.472 e. The highest BCUT2D eigenvalue weighted by molar-refractivity contribution is 7.47. The molecule has 0 amide bonds. The molecule has 0 bridgehead atoms. The van der Waals surface area contributed by atoms with E-state index in [0.29, 0.717) is 25.7 Å². The number of unbranched alkanes of at least 4 members (excludes halogenated alkanes) is 58. The first kappa shape index (κ1) is 104. The highest BCUT2D eigenvalue weighted by Crippen LogP contribution is 2.45. The van der Waals surface area contributed by atoms with Crippen LogP contribution in [-0.2, 0) is 65.4 Å². The van der Waals surface area contributed by atoms with Crippen LogP contribution in [0.25, 0.3) is 0 Å². The first-order valence-electron chi connectivity index (χ1n) is 45.2. The average Bonchev–Trinajstić information content (AvgIpc) is 0.901. The Bertz CT molecular complexity index is 2020. The van der Waals surface area contributed by atoms with Crippen LogP contribution in [-0.4, -0.2) is 96.7 Å². The van der Waals surface area contributed by atoms with Crippen molar-refractivity contribution in [3.05, 3.63) is 0 Å². The van der Waals surface area contributed by atoms with Gasteiger partial charge in [0, 0.05) is 25.7 Å². The predicted octanol–water partition coefficient (Wildman–Crippen LogP) is 26.8. The van der Waals surface area contributed by atoms with Crippen LogP contribution in [0, 0.1) is 5.92 Å². The van der Waals surface area contributed by atoms with E-state index in [1.54, 1.807) is 0 Å². The molecule has 0 spiro atoms. The average molecular weight is 1550 g/mol. The molecule has 17 nitrogen and oxygen atoms in total. The monoisotopic (exact) mass is 1550 g/mol. The number of rotatable bonds is 87. The third-order valence-corrected chi connectivity index (χ3v) is 22.8. The quantitative estimate of drug-likeness (QED) is 0.0222. The van der Waals surface area contributed by atoms with Crippen LogP contribution in [0.15, 0.2) is 0 Å². The van der Waals surface area contributed by atoms with Gasteiger partial charge >= 0.3 is 39.5 Å². The van der Waals surface area contributed by atoms with Gasteiger partial charge in [0.2, 0.25) is 0 Å². The maximum absolute atomic E-state index is 13.2. The first-order valence-corrected chi connectivity index (χ1v) is 48.2. The van der Waals surface area contributed by atoms with Crippen molar-refractivity contribution in [2.24, 2.45) is 5.92 Å². The molecule has 0 aliphatic heterocycles. The standard InChI is InChI=1S/C87H170O17P2/c1-6-10-13-16-19-22-25-28-30-31-32-33-34-36-43-48-53-58-63-68-73-87(92)104-83(77-98-85(90)71-66-61-56-51-46-41-38-37-40-44-49-54-59-64-69-80(5)9-4)79-102-106(95,96)100-75-81(88)74-99-105(93,94)101-78-82(76-97-84(89)70-65-60-55-50-45-39-27-24-21-18-15-12-8-3)103-86(91)72-67-62-57-52-47-42-35-29-26-23-20-17-14-11-7-2/h80-83,88H,6-79H2,1-5H3,(H,93,94)(H,95,96)/t80?,81-,82+,83+/m0/s1. The van der Waals surface area contributed by atoms with E-state index in [9.17, 15) is 43.2 Å². The molecule has 0 fully saturated rings. The van der Waals surface area contributed by atoms with E-state index in [0.717, 1.165) is 95.8 Å². The SMILES string of the molecule is CCCCCCCCCCCCCCCCCCCCCCC(=O)O[C@H](COC(=O)CCCCCCCCCCCCCCCCC(C)CC)COP(=O)(O)OC[C@@H](O)COP(=O)(O)OC[C@@H](COC(=O)CCCCCCCCCCCCCCC)OC(=O)CCCCCCCCCCCCCCCCC. The minimum atomic E-state index is -4.97. The Balaban J connectivity index is 5.26. The van der Waals surface area contributed by atoms with Gasteiger partial charge in [-0.3, -0.25) is 37.3 Å². The van der Waals surface area contributed by atoms with Crippen LogP contribution in [0.5, 0.6) is 0 Å². The third-order valence-electron chi connectivity index (χ3n) is 20.9. The molecule has 106 heavy (non-hydrogen) atoms. The number of carbonyl (C=O) groups is 4. The van der Waals surface area contributed by atoms with Crippen molar-refractivity contribution in [2.45, 2.75) is 490 Å². The van der Waals surface area contributed by atoms with Gasteiger partial charge in [-0.05, 0) is 31.6 Å². The molecule has 0 radical (unpaired) electrons. The third kappa shape index (κ3) is 78.7. The van der Waals surface area contributed by atoms with E-state index >= 15 is 0 Å². The lowest BCUT2D eigenvalue weighted by Gasteiger charge is -2.21. The molecular formula is C87H170O17P2. The van der Waals surface area contributed by atoms with Crippen LogP contribution in [0.2, 0.25) is 0 Å². The molecular weight excluding hydrogens is 1380 g/mol. The van der Waals surface area contributed by atoms with E-state index in [2.05, 4.69) is 34.6 Å². The van der Waals surface area contributed by atoms with Gasteiger partial charge in [0.1, 0.15) is 19.3 Å². The van der Waals surface area contributed by atoms with Crippen LogP contribution >= 0.6 is 15.6 Å². The molecule has 3 N–H and O–H groups in total. The van der Waals surface area contributed by atoms with E-state index in [4.69, 9.17) is 37.0 Å². The van der Waals surface area contributed by atoms with Crippen LogP contribution in [0.4, 0.5) is 0 Å². The van der Waals surface area contributed by atoms with E-state index in [1.807, 2.05) is 0 Å². The van der Waals surface area contributed by atoms with Gasteiger partial charge in [-0.2, -0.15) is 0 Å². The fourth-order valence-electron chi connectivity index (χ4n) is 13.6. The van der Waals surface area contributed by atoms with Crippen molar-refractivity contribution < 1.29 is 80.2 Å². The van der Waals surface area contributed by atoms with E-state index in [-0.39, 0.29) is 25.7 Å². The second kappa shape index (κ2) is 79.7. The van der Waals surface area contributed by atoms with Crippen LogP contribution in [0.1, 0.15) is 471 Å². The molecule has 19 heteroatoms. The number of esters is 4. The summed E-state index contributed by atoms with van der Waals surface area (Å²) in [4.78, 5) is 73.3.